The fourth-order valence-corrected chi connectivity index (χ4v) is 3.60. The number of anilines is 1. The average Bonchev–Trinajstić information content (AvgIpc) is 3.11. The lowest BCUT2D eigenvalue weighted by Gasteiger charge is -2.18. The Bertz CT molecular complexity index is 1050. The molecule has 0 spiro atoms. The predicted molar refractivity (Wildman–Crippen MR) is 124 cm³/mol. The lowest BCUT2D eigenvalue weighted by atomic mass is 9.97. The summed E-state index contributed by atoms with van der Waals surface area (Å²) in [7, 11) is 0. The van der Waals surface area contributed by atoms with Crippen LogP contribution in [0.15, 0.2) is 60.7 Å². The van der Waals surface area contributed by atoms with Crippen LogP contribution in [0.1, 0.15) is 60.4 Å². The molecule has 1 N–H and O–H groups in total. The summed E-state index contributed by atoms with van der Waals surface area (Å²) in [5.41, 5.74) is 5.45. The second kappa shape index (κ2) is 9.65. The van der Waals surface area contributed by atoms with E-state index in [9.17, 15) is 9.59 Å². The monoisotopic (exact) mass is 418 g/mol. The summed E-state index contributed by atoms with van der Waals surface area (Å²) >= 11 is 0. The lowest BCUT2D eigenvalue weighted by molar-refractivity contribution is -0.123. The zero-order valence-corrected chi connectivity index (χ0v) is 18.8. The van der Waals surface area contributed by atoms with Gasteiger partial charge in [0.2, 0.25) is 0 Å². The molecule has 31 heavy (non-hydrogen) atoms. The molecule has 0 saturated carbocycles. The second-order valence-corrected chi connectivity index (χ2v) is 7.93. The highest BCUT2D eigenvalue weighted by molar-refractivity contribution is 5.97. The fourth-order valence-electron chi connectivity index (χ4n) is 3.60. The largest absolute Gasteiger partial charge is 0.449 e. The molecule has 5 nitrogen and oxygen atoms in total. The second-order valence-electron chi connectivity index (χ2n) is 7.93. The smallest absolute Gasteiger partial charge is 0.338 e. The van der Waals surface area contributed by atoms with Gasteiger partial charge in [0.05, 0.1) is 5.56 Å². The highest BCUT2D eigenvalue weighted by atomic mass is 16.5. The third-order valence-corrected chi connectivity index (χ3v) is 5.65. The number of para-hydroxylation sites is 1. The quantitative estimate of drug-likeness (QED) is 0.494. The van der Waals surface area contributed by atoms with Crippen molar-refractivity contribution in [3.05, 3.63) is 83.2 Å². The molecule has 162 valence electrons. The topological polar surface area (TPSA) is 60.3 Å². The highest BCUT2D eigenvalue weighted by Gasteiger charge is 2.20. The van der Waals surface area contributed by atoms with Crippen molar-refractivity contribution in [3.8, 4) is 5.69 Å². The molecule has 3 aromatic rings. The van der Waals surface area contributed by atoms with Crippen LogP contribution in [0.2, 0.25) is 0 Å². The van der Waals surface area contributed by atoms with E-state index >= 15 is 0 Å². The molecular weight excluding hydrogens is 388 g/mol. The number of benzene rings is 2. The van der Waals surface area contributed by atoms with Crippen LogP contribution in [0.3, 0.4) is 0 Å². The minimum atomic E-state index is -0.911. The van der Waals surface area contributed by atoms with Gasteiger partial charge in [0, 0.05) is 22.8 Å². The molecule has 3 rings (SSSR count). The summed E-state index contributed by atoms with van der Waals surface area (Å²) in [5.74, 6) is -0.551. The van der Waals surface area contributed by atoms with Gasteiger partial charge < -0.3 is 14.6 Å². The standard InChI is InChI=1S/C26H30N2O3/c1-6-17(2)23-9-7-8-10-24(23)27-25(29)20(5)31-26(30)21-13-15-22(16-14-21)28-18(3)11-12-19(28)4/h7-17,20H,6H2,1-5H3,(H,27,29)/t17-,20+/m0/s1. The van der Waals surface area contributed by atoms with Crippen molar-refractivity contribution in [2.45, 2.75) is 53.1 Å². The SMILES string of the molecule is CC[C@H](C)c1ccccc1NC(=O)[C@@H](C)OC(=O)c1ccc(-n2c(C)ccc2C)cc1. The van der Waals surface area contributed by atoms with Gasteiger partial charge in [-0.1, -0.05) is 32.0 Å². The van der Waals surface area contributed by atoms with Crippen LogP contribution in [0, 0.1) is 13.8 Å². The van der Waals surface area contributed by atoms with E-state index < -0.39 is 12.1 Å². The molecule has 1 aromatic heterocycles. The maximum Gasteiger partial charge on any atom is 0.338 e. The molecular formula is C26H30N2O3. The molecule has 1 heterocycles. The Hall–Kier alpha value is -3.34. The van der Waals surface area contributed by atoms with Crippen molar-refractivity contribution in [2.24, 2.45) is 0 Å². The van der Waals surface area contributed by atoms with E-state index in [0.717, 1.165) is 34.7 Å². The normalized spacial score (nSPS) is 12.8. The molecule has 0 saturated heterocycles. The number of amides is 1. The van der Waals surface area contributed by atoms with Crippen molar-refractivity contribution >= 4 is 17.6 Å². The summed E-state index contributed by atoms with van der Waals surface area (Å²) < 4.78 is 7.53. The van der Waals surface area contributed by atoms with E-state index in [0.29, 0.717) is 11.5 Å². The third kappa shape index (κ3) is 5.05. The number of ether oxygens (including phenoxy) is 1. The molecule has 2 atom stereocenters. The third-order valence-electron chi connectivity index (χ3n) is 5.65. The molecule has 0 aliphatic heterocycles. The van der Waals surface area contributed by atoms with Crippen LogP contribution in [-0.2, 0) is 9.53 Å². The highest BCUT2D eigenvalue weighted by Crippen LogP contribution is 2.26. The van der Waals surface area contributed by atoms with Crippen molar-refractivity contribution in [1.29, 1.82) is 0 Å². The molecule has 0 aliphatic carbocycles. The zero-order chi connectivity index (χ0) is 22.5. The first kappa shape index (κ1) is 22.3. The van der Waals surface area contributed by atoms with Crippen LogP contribution < -0.4 is 5.32 Å². The van der Waals surface area contributed by atoms with E-state index in [-0.39, 0.29) is 5.91 Å². The van der Waals surface area contributed by atoms with Gasteiger partial charge in [0.1, 0.15) is 0 Å². The van der Waals surface area contributed by atoms with Crippen LogP contribution in [0.25, 0.3) is 5.69 Å². The Morgan fingerprint density at radius 3 is 2.16 bits per heavy atom. The Balaban J connectivity index is 1.66. The Kier molecular flexibility index (Phi) is 6.95. The number of rotatable bonds is 7. The van der Waals surface area contributed by atoms with E-state index in [1.807, 2.05) is 50.2 Å². The number of aromatic nitrogens is 1. The number of carbonyl (C=O) groups is 2. The predicted octanol–water partition coefficient (Wildman–Crippen LogP) is 5.79. The first-order valence-corrected chi connectivity index (χ1v) is 10.7. The van der Waals surface area contributed by atoms with Crippen LogP contribution >= 0.6 is 0 Å². The van der Waals surface area contributed by atoms with Crippen LogP contribution in [0.4, 0.5) is 5.69 Å². The van der Waals surface area contributed by atoms with Crippen molar-refractivity contribution in [1.82, 2.24) is 4.57 Å². The Morgan fingerprint density at radius 1 is 0.935 bits per heavy atom. The van der Waals surface area contributed by atoms with Gasteiger partial charge in [0.25, 0.3) is 5.91 Å². The number of hydrogen-bond acceptors (Lipinski definition) is 3. The van der Waals surface area contributed by atoms with E-state index in [1.54, 1.807) is 19.1 Å². The molecule has 0 aliphatic rings. The van der Waals surface area contributed by atoms with Gasteiger partial charge in [-0.3, -0.25) is 4.79 Å². The van der Waals surface area contributed by atoms with Gasteiger partial charge in [-0.25, -0.2) is 4.79 Å². The van der Waals surface area contributed by atoms with Crippen LogP contribution in [0.5, 0.6) is 0 Å². The van der Waals surface area contributed by atoms with Gasteiger partial charge in [-0.15, -0.1) is 0 Å². The first-order chi connectivity index (χ1) is 14.8. The van der Waals surface area contributed by atoms with E-state index in [1.165, 1.54) is 0 Å². The summed E-state index contributed by atoms with van der Waals surface area (Å²) in [4.78, 5) is 25.2. The van der Waals surface area contributed by atoms with Crippen molar-refractivity contribution in [3.63, 3.8) is 0 Å². The van der Waals surface area contributed by atoms with Gasteiger partial charge >= 0.3 is 5.97 Å². The molecule has 0 unspecified atom stereocenters. The summed E-state index contributed by atoms with van der Waals surface area (Å²) in [6.45, 7) is 9.89. The van der Waals surface area contributed by atoms with Crippen molar-refractivity contribution < 1.29 is 14.3 Å². The van der Waals surface area contributed by atoms with E-state index in [4.69, 9.17) is 4.74 Å². The lowest BCUT2D eigenvalue weighted by Crippen LogP contribution is -2.30. The Morgan fingerprint density at radius 2 is 1.55 bits per heavy atom. The fraction of sp³-hybridized carbons (Fsp3) is 0.308. The first-order valence-electron chi connectivity index (χ1n) is 10.7. The molecule has 1 amide bonds. The summed E-state index contributed by atoms with van der Waals surface area (Å²) in [6.07, 6.45) is 0.0567. The van der Waals surface area contributed by atoms with Crippen molar-refractivity contribution in [2.75, 3.05) is 5.32 Å². The maximum atomic E-state index is 12.6. The minimum absolute atomic E-state index is 0.320. The maximum absolute atomic E-state index is 12.6. The zero-order valence-electron chi connectivity index (χ0n) is 18.8. The number of hydrogen-bond donors (Lipinski definition) is 1. The number of carbonyl (C=O) groups excluding carboxylic acids is 2. The molecule has 0 bridgehead atoms. The number of esters is 1. The van der Waals surface area contributed by atoms with Crippen LogP contribution in [-0.4, -0.2) is 22.5 Å². The van der Waals surface area contributed by atoms with Gasteiger partial charge in [0.15, 0.2) is 6.10 Å². The molecule has 2 aromatic carbocycles. The van der Waals surface area contributed by atoms with Gasteiger partial charge in [-0.05, 0) is 81.1 Å². The number of nitrogens with one attached hydrogen (secondary N) is 1. The summed E-state index contributed by atoms with van der Waals surface area (Å²) in [5, 5.41) is 2.90. The average molecular weight is 419 g/mol. The molecule has 0 radical (unpaired) electrons. The number of aryl methyl sites for hydroxylation is 2. The number of nitrogens with zero attached hydrogens (tertiary/aromatic N) is 1. The van der Waals surface area contributed by atoms with E-state index in [2.05, 4.69) is 35.9 Å². The minimum Gasteiger partial charge on any atom is -0.449 e. The Labute approximate surface area is 184 Å². The molecule has 0 fully saturated rings. The molecule has 5 heteroatoms. The summed E-state index contributed by atoms with van der Waals surface area (Å²) in [6, 6.07) is 19.0. The van der Waals surface area contributed by atoms with Gasteiger partial charge in [-0.2, -0.15) is 0 Å².